The standard InChI is InChI=1S/C20H33NO2Si/c1-8-21(9-2)19(22)23-16-15-18(17-13-11-10-12-14-17)24(6,7)20(3,4)5/h10-15H,8-9,16H2,1-7H3/b18-15+. The molecule has 0 aliphatic carbocycles. The third-order valence-electron chi connectivity index (χ3n) is 5.15. The molecule has 0 aliphatic rings. The topological polar surface area (TPSA) is 29.5 Å². The summed E-state index contributed by atoms with van der Waals surface area (Å²) in [5, 5.41) is 1.57. The van der Waals surface area contributed by atoms with Gasteiger partial charge < -0.3 is 9.64 Å². The van der Waals surface area contributed by atoms with Gasteiger partial charge >= 0.3 is 6.09 Å². The van der Waals surface area contributed by atoms with E-state index in [1.54, 1.807) is 4.90 Å². The minimum Gasteiger partial charge on any atom is -0.445 e. The molecule has 0 atom stereocenters. The third kappa shape index (κ3) is 4.97. The van der Waals surface area contributed by atoms with E-state index < -0.39 is 8.07 Å². The molecule has 0 fully saturated rings. The first-order chi connectivity index (χ1) is 11.1. The zero-order valence-electron chi connectivity index (χ0n) is 16.3. The molecule has 0 N–H and O–H groups in total. The summed E-state index contributed by atoms with van der Waals surface area (Å²) in [6.07, 6.45) is 1.88. The average Bonchev–Trinajstić information content (AvgIpc) is 2.52. The van der Waals surface area contributed by atoms with Crippen molar-refractivity contribution in [1.82, 2.24) is 4.90 Å². The number of carbonyl (C=O) groups is 1. The third-order valence-corrected chi connectivity index (χ3v) is 10.7. The Morgan fingerprint density at radius 2 is 1.67 bits per heavy atom. The van der Waals surface area contributed by atoms with Gasteiger partial charge in [-0.25, -0.2) is 4.79 Å². The Kier molecular flexibility index (Phi) is 7.27. The zero-order valence-corrected chi connectivity index (χ0v) is 17.3. The van der Waals surface area contributed by atoms with E-state index in [1.165, 1.54) is 10.8 Å². The summed E-state index contributed by atoms with van der Waals surface area (Å²) in [7, 11) is -1.73. The molecular formula is C20H33NO2Si. The van der Waals surface area contributed by atoms with Crippen molar-refractivity contribution in [1.29, 1.82) is 0 Å². The van der Waals surface area contributed by atoms with Gasteiger partial charge in [-0.3, -0.25) is 0 Å². The predicted molar refractivity (Wildman–Crippen MR) is 106 cm³/mol. The van der Waals surface area contributed by atoms with Crippen molar-refractivity contribution in [3.05, 3.63) is 42.0 Å². The minimum absolute atomic E-state index is 0.220. The summed E-state index contributed by atoms with van der Waals surface area (Å²) in [5.41, 5.74) is 1.24. The molecule has 4 heteroatoms. The monoisotopic (exact) mass is 347 g/mol. The maximum Gasteiger partial charge on any atom is 0.410 e. The summed E-state index contributed by atoms with van der Waals surface area (Å²) in [5.74, 6) is 0. The van der Waals surface area contributed by atoms with Gasteiger partial charge in [-0.05, 0) is 30.5 Å². The molecule has 1 rings (SSSR count). The number of amides is 1. The molecule has 24 heavy (non-hydrogen) atoms. The van der Waals surface area contributed by atoms with Crippen LogP contribution in [0.4, 0.5) is 4.79 Å². The van der Waals surface area contributed by atoms with Crippen molar-refractivity contribution in [2.75, 3.05) is 19.7 Å². The zero-order chi connectivity index (χ0) is 18.4. The predicted octanol–water partition coefficient (Wildman–Crippen LogP) is 5.60. The largest absolute Gasteiger partial charge is 0.445 e. The number of hydrogen-bond acceptors (Lipinski definition) is 2. The Hall–Kier alpha value is -1.55. The molecule has 0 aliphatic heterocycles. The van der Waals surface area contributed by atoms with Gasteiger partial charge in [0, 0.05) is 13.1 Å². The van der Waals surface area contributed by atoms with Crippen molar-refractivity contribution < 1.29 is 9.53 Å². The molecule has 0 unspecified atom stereocenters. The lowest BCUT2D eigenvalue weighted by Gasteiger charge is -2.39. The quantitative estimate of drug-likeness (QED) is 0.627. The molecule has 1 amide bonds. The fourth-order valence-corrected chi connectivity index (χ4v) is 4.81. The highest BCUT2D eigenvalue weighted by Crippen LogP contribution is 2.44. The maximum absolute atomic E-state index is 12.1. The summed E-state index contributed by atoms with van der Waals surface area (Å²) < 4.78 is 5.48. The smallest absolute Gasteiger partial charge is 0.410 e. The van der Waals surface area contributed by atoms with Crippen LogP contribution in [0.25, 0.3) is 5.20 Å². The second kappa shape index (κ2) is 8.52. The van der Waals surface area contributed by atoms with Gasteiger partial charge in [0.1, 0.15) is 6.61 Å². The van der Waals surface area contributed by atoms with E-state index in [-0.39, 0.29) is 11.1 Å². The molecule has 0 spiro atoms. The highest BCUT2D eigenvalue weighted by Gasteiger charge is 2.38. The van der Waals surface area contributed by atoms with Gasteiger partial charge in [0.15, 0.2) is 0 Å². The van der Waals surface area contributed by atoms with Crippen LogP contribution in [0.2, 0.25) is 18.1 Å². The number of carbonyl (C=O) groups excluding carboxylic acids is 1. The molecule has 0 bridgehead atoms. The van der Waals surface area contributed by atoms with Crippen LogP contribution in [0.15, 0.2) is 36.4 Å². The van der Waals surface area contributed by atoms with Crippen LogP contribution in [-0.2, 0) is 4.74 Å². The minimum atomic E-state index is -1.73. The van der Waals surface area contributed by atoms with E-state index in [2.05, 4.69) is 64.2 Å². The number of ether oxygens (including phenoxy) is 1. The molecule has 0 aromatic heterocycles. The first-order valence-corrected chi connectivity index (χ1v) is 11.8. The summed E-state index contributed by atoms with van der Waals surface area (Å²) >= 11 is 0. The number of benzene rings is 1. The Morgan fingerprint density at radius 3 is 2.12 bits per heavy atom. The van der Waals surface area contributed by atoms with Crippen molar-refractivity contribution >= 4 is 19.4 Å². The van der Waals surface area contributed by atoms with Gasteiger partial charge in [0.05, 0.1) is 8.07 Å². The molecule has 3 nitrogen and oxygen atoms in total. The van der Waals surface area contributed by atoms with Crippen molar-refractivity contribution in [2.24, 2.45) is 0 Å². The van der Waals surface area contributed by atoms with Crippen LogP contribution >= 0.6 is 0 Å². The van der Waals surface area contributed by atoms with E-state index >= 15 is 0 Å². The number of hydrogen-bond donors (Lipinski definition) is 0. The highest BCUT2D eigenvalue weighted by molar-refractivity contribution is 6.96. The molecule has 1 aromatic carbocycles. The molecular weight excluding hydrogens is 314 g/mol. The first kappa shape index (κ1) is 20.5. The van der Waals surface area contributed by atoms with Crippen LogP contribution in [0, 0.1) is 0 Å². The van der Waals surface area contributed by atoms with Gasteiger partial charge in [0.2, 0.25) is 0 Å². The number of nitrogens with zero attached hydrogens (tertiary/aromatic N) is 1. The second-order valence-corrected chi connectivity index (χ2v) is 12.9. The van der Waals surface area contributed by atoms with E-state index in [4.69, 9.17) is 4.74 Å². The first-order valence-electron chi connectivity index (χ1n) is 8.82. The van der Waals surface area contributed by atoms with Crippen molar-refractivity contribution in [2.45, 2.75) is 52.8 Å². The SMILES string of the molecule is CCN(CC)C(=O)OC/C=C(\c1ccccc1)[Si](C)(C)C(C)(C)C. The van der Waals surface area contributed by atoms with E-state index in [0.29, 0.717) is 19.7 Å². The lowest BCUT2D eigenvalue weighted by molar-refractivity contribution is 0.116. The molecule has 134 valence electrons. The molecule has 0 heterocycles. The molecule has 1 aromatic rings. The van der Waals surface area contributed by atoms with Crippen LogP contribution in [0.1, 0.15) is 40.2 Å². The summed E-state index contributed by atoms with van der Waals surface area (Å²) in [6, 6.07) is 10.5. The van der Waals surface area contributed by atoms with Crippen molar-refractivity contribution in [3.8, 4) is 0 Å². The lowest BCUT2D eigenvalue weighted by atomic mass is 10.2. The Bertz CT molecular complexity index is 555. The van der Waals surface area contributed by atoms with Crippen LogP contribution in [0.5, 0.6) is 0 Å². The number of rotatable bonds is 6. The Labute approximate surface area is 148 Å². The van der Waals surface area contributed by atoms with E-state index in [0.717, 1.165) is 0 Å². The van der Waals surface area contributed by atoms with Gasteiger partial charge in [0.25, 0.3) is 0 Å². The van der Waals surface area contributed by atoms with E-state index in [9.17, 15) is 4.79 Å². The fourth-order valence-electron chi connectivity index (χ4n) is 2.52. The summed E-state index contributed by atoms with van der Waals surface area (Å²) in [6.45, 7) is 17.3. The van der Waals surface area contributed by atoms with Gasteiger partial charge in [-0.2, -0.15) is 0 Å². The average molecular weight is 348 g/mol. The molecule has 0 radical (unpaired) electrons. The second-order valence-electron chi connectivity index (χ2n) is 7.61. The Morgan fingerprint density at radius 1 is 1.12 bits per heavy atom. The van der Waals surface area contributed by atoms with E-state index in [1.807, 2.05) is 19.9 Å². The van der Waals surface area contributed by atoms with Crippen LogP contribution in [-0.4, -0.2) is 38.8 Å². The highest BCUT2D eigenvalue weighted by atomic mass is 28.3. The van der Waals surface area contributed by atoms with Gasteiger partial charge in [-0.15, -0.1) is 0 Å². The van der Waals surface area contributed by atoms with Crippen LogP contribution in [0.3, 0.4) is 0 Å². The summed E-state index contributed by atoms with van der Waals surface area (Å²) in [4.78, 5) is 13.8. The van der Waals surface area contributed by atoms with Crippen LogP contribution < -0.4 is 0 Å². The normalized spacial score (nSPS) is 12.9. The maximum atomic E-state index is 12.1. The lowest BCUT2D eigenvalue weighted by Crippen LogP contribution is -2.39. The molecule has 0 saturated carbocycles. The Balaban J connectivity index is 3.05. The van der Waals surface area contributed by atoms with Gasteiger partial charge in [-0.1, -0.05) is 69.4 Å². The van der Waals surface area contributed by atoms with Crippen molar-refractivity contribution in [3.63, 3.8) is 0 Å². The fraction of sp³-hybridized carbons (Fsp3) is 0.550. The molecule has 0 saturated heterocycles.